The van der Waals surface area contributed by atoms with Crippen molar-refractivity contribution in [3.8, 4) is 5.75 Å². The lowest BCUT2D eigenvalue weighted by Crippen LogP contribution is -2.53. The number of likely N-dealkylation sites (N-methyl/N-ethyl adjacent to an activating group) is 1. The molecule has 1 saturated heterocycles. The number of hydrogen-bond donors (Lipinski definition) is 2. The number of hydrogen-bond acceptors (Lipinski definition) is 4. The average molecular weight is 278 g/mol. The molecule has 2 atom stereocenters. The van der Waals surface area contributed by atoms with E-state index in [0.29, 0.717) is 26.3 Å². The van der Waals surface area contributed by atoms with Crippen molar-refractivity contribution in [1.82, 2.24) is 10.2 Å². The predicted octanol–water partition coefficient (Wildman–Crippen LogP) is 1.29. The minimum Gasteiger partial charge on any atom is -0.508 e. The maximum Gasteiger partial charge on any atom is 0.242 e. The fraction of sp³-hybridized carbons (Fsp3) is 0.533. The van der Waals surface area contributed by atoms with Gasteiger partial charge in [-0.05, 0) is 31.5 Å². The number of carbonyl (C=O) groups is 1. The molecule has 0 saturated carbocycles. The van der Waals surface area contributed by atoms with Gasteiger partial charge < -0.3 is 20.1 Å². The molecular weight excluding hydrogens is 256 g/mol. The van der Waals surface area contributed by atoms with Gasteiger partial charge in [0.05, 0.1) is 19.3 Å². The Morgan fingerprint density at radius 3 is 3.00 bits per heavy atom. The maximum atomic E-state index is 12.5. The summed E-state index contributed by atoms with van der Waals surface area (Å²) in [4.78, 5) is 14.4. The van der Waals surface area contributed by atoms with Crippen molar-refractivity contribution in [2.45, 2.75) is 25.9 Å². The second-order valence-corrected chi connectivity index (χ2v) is 4.98. The van der Waals surface area contributed by atoms with E-state index >= 15 is 0 Å². The Balaban J connectivity index is 2.12. The van der Waals surface area contributed by atoms with Gasteiger partial charge in [0.15, 0.2) is 0 Å². The normalized spacial score (nSPS) is 20.4. The van der Waals surface area contributed by atoms with Crippen LogP contribution in [-0.2, 0) is 9.53 Å². The Bertz CT molecular complexity index is 458. The molecule has 5 nitrogen and oxygen atoms in total. The first-order chi connectivity index (χ1) is 9.63. The van der Waals surface area contributed by atoms with Crippen molar-refractivity contribution >= 4 is 5.91 Å². The number of phenols is 1. The Morgan fingerprint density at radius 2 is 2.40 bits per heavy atom. The van der Waals surface area contributed by atoms with Crippen molar-refractivity contribution in [2.24, 2.45) is 0 Å². The van der Waals surface area contributed by atoms with Crippen molar-refractivity contribution in [3.63, 3.8) is 0 Å². The van der Waals surface area contributed by atoms with Gasteiger partial charge in [0, 0.05) is 13.1 Å². The standard InChI is InChI=1S/C15H22N2O3/c1-3-17(15(19)14-10-20-8-7-16-14)11(2)12-5-4-6-13(18)9-12/h4-6,9,11,14,16,18H,3,7-8,10H2,1-2H3. The minimum atomic E-state index is -0.275. The minimum absolute atomic E-state index is 0.0445. The molecule has 2 rings (SSSR count). The summed E-state index contributed by atoms with van der Waals surface area (Å²) in [7, 11) is 0. The molecule has 0 aliphatic carbocycles. The lowest BCUT2D eigenvalue weighted by molar-refractivity contribution is -0.138. The van der Waals surface area contributed by atoms with Gasteiger partial charge in [-0.3, -0.25) is 4.79 Å². The lowest BCUT2D eigenvalue weighted by Gasteiger charge is -2.33. The van der Waals surface area contributed by atoms with E-state index in [2.05, 4.69) is 5.32 Å². The van der Waals surface area contributed by atoms with Crippen molar-refractivity contribution in [1.29, 1.82) is 0 Å². The lowest BCUT2D eigenvalue weighted by atomic mass is 10.1. The molecule has 5 heteroatoms. The Hall–Kier alpha value is -1.59. The van der Waals surface area contributed by atoms with E-state index in [4.69, 9.17) is 4.74 Å². The molecule has 20 heavy (non-hydrogen) atoms. The molecule has 110 valence electrons. The van der Waals surface area contributed by atoms with Gasteiger partial charge in [-0.1, -0.05) is 12.1 Å². The number of aromatic hydroxyl groups is 1. The van der Waals surface area contributed by atoms with Crippen LogP contribution in [0.25, 0.3) is 0 Å². The van der Waals surface area contributed by atoms with Crippen molar-refractivity contribution in [2.75, 3.05) is 26.3 Å². The molecule has 0 bridgehead atoms. The first-order valence-electron chi connectivity index (χ1n) is 7.04. The van der Waals surface area contributed by atoms with E-state index in [9.17, 15) is 9.90 Å². The number of carbonyl (C=O) groups excluding carboxylic acids is 1. The summed E-state index contributed by atoms with van der Waals surface area (Å²) in [6, 6.07) is 6.69. The van der Waals surface area contributed by atoms with Crippen LogP contribution in [0.15, 0.2) is 24.3 Å². The van der Waals surface area contributed by atoms with Gasteiger partial charge in [0.25, 0.3) is 0 Å². The number of ether oxygens (including phenoxy) is 1. The van der Waals surface area contributed by atoms with Crippen LogP contribution >= 0.6 is 0 Å². The number of morpholine rings is 1. The molecular formula is C15H22N2O3. The first kappa shape index (κ1) is 14.8. The summed E-state index contributed by atoms with van der Waals surface area (Å²) >= 11 is 0. The van der Waals surface area contributed by atoms with Crippen LogP contribution in [0.1, 0.15) is 25.5 Å². The smallest absolute Gasteiger partial charge is 0.242 e. The zero-order valence-corrected chi connectivity index (χ0v) is 12.0. The van der Waals surface area contributed by atoms with Crippen molar-refractivity contribution in [3.05, 3.63) is 29.8 Å². The quantitative estimate of drug-likeness (QED) is 0.871. The van der Waals surface area contributed by atoms with Gasteiger partial charge in [-0.2, -0.15) is 0 Å². The zero-order valence-electron chi connectivity index (χ0n) is 12.0. The highest BCUT2D eigenvalue weighted by molar-refractivity contribution is 5.82. The molecule has 2 N–H and O–H groups in total. The SMILES string of the molecule is CCN(C(=O)C1COCCN1)C(C)c1cccc(O)c1. The topological polar surface area (TPSA) is 61.8 Å². The number of nitrogens with zero attached hydrogens (tertiary/aromatic N) is 1. The van der Waals surface area contributed by atoms with Gasteiger partial charge in [-0.15, -0.1) is 0 Å². The number of phenolic OH excluding ortho intramolecular Hbond substituents is 1. The Labute approximate surface area is 119 Å². The van der Waals surface area contributed by atoms with E-state index in [1.54, 1.807) is 23.1 Å². The zero-order chi connectivity index (χ0) is 14.5. The van der Waals surface area contributed by atoms with E-state index in [0.717, 1.165) is 5.56 Å². The van der Waals surface area contributed by atoms with Gasteiger partial charge in [0.2, 0.25) is 5.91 Å². The fourth-order valence-electron chi connectivity index (χ4n) is 2.51. The summed E-state index contributed by atoms with van der Waals surface area (Å²) in [5, 5.41) is 12.8. The third kappa shape index (κ3) is 3.29. The Kier molecular flexibility index (Phi) is 4.98. The second kappa shape index (κ2) is 6.72. The molecule has 2 unspecified atom stereocenters. The molecule has 1 aromatic rings. The second-order valence-electron chi connectivity index (χ2n) is 4.98. The van der Waals surface area contributed by atoms with Crippen LogP contribution in [0.4, 0.5) is 0 Å². The highest BCUT2D eigenvalue weighted by atomic mass is 16.5. The third-order valence-corrected chi connectivity index (χ3v) is 3.66. The predicted molar refractivity (Wildman–Crippen MR) is 76.5 cm³/mol. The molecule has 0 spiro atoms. The number of benzene rings is 1. The highest BCUT2D eigenvalue weighted by Crippen LogP contribution is 2.24. The van der Waals surface area contributed by atoms with Gasteiger partial charge >= 0.3 is 0 Å². The largest absolute Gasteiger partial charge is 0.508 e. The highest BCUT2D eigenvalue weighted by Gasteiger charge is 2.28. The summed E-state index contributed by atoms with van der Waals surface area (Å²) in [6.07, 6.45) is 0. The van der Waals surface area contributed by atoms with Crippen LogP contribution in [0.5, 0.6) is 5.75 Å². The van der Waals surface area contributed by atoms with Gasteiger partial charge in [0.1, 0.15) is 11.8 Å². The Morgan fingerprint density at radius 1 is 1.60 bits per heavy atom. The van der Waals surface area contributed by atoms with E-state index < -0.39 is 0 Å². The molecule has 1 heterocycles. The molecule has 0 aromatic heterocycles. The van der Waals surface area contributed by atoms with Crippen molar-refractivity contribution < 1.29 is 14.6 Å². The van der Waals surface area contributed by atoms with E-state index in [1.807, 2.05) is 19.9 Å². The number of rotatable bonds is 4. The molecule has 1 amide bonds. The summed E-state index contributed by atoms with van der Waals surface area (Å²) < 4.78 is 5.35. The van der Waals surface area contributed by atoms with Gasteiger partial charge in [-0.25, -0.2) is 0 Å². The van der Waals surface area contributed by atoms with Crippen LogP contribution in [0.2, 0.25) is 0 Å². The fourth-order valence-corrected chi connectivity index (χ4v) is 2.51. The molecule has 1 aliphatic rings. The maximum absolute atomic E-state index is 12.5. The van der Waals surface area contributed by atoms with E-state index in [-0.39, 0.29) is 23.7 Å². The number of amides is 1. The molecule has 1 aromatic carbocycles. The average Bonchev–Trinajstić information content (AvgIpc) is 2.48. The first-order valence-corrected chi connectivity index (χ1v) is 7.04. The van der Waals surface area contributed by atoms with Crippen LogP contribution < -0.4 is 5.32 Å². The summed E-state index contributed by atoms with van der Waals surface area (Å²) in [5.74, 6) is 0.264. The molecule has 1 aliphatic heterocycles. The van der Waals surface area contributed by atoms with Crippen LogP contribution in [0.3, 0.4) is 0 Å². The molecule has 0 radical (unpaired) electrons. The third-order valence-electron chi connectivity index (χ3n) is 3.66. The summed E-state index contributed by atoms with van der Waals surface area (Å²) in [5.41, 5.74) is 0.928. The van der Waals surface area contributed by atoms with Crippen LogP contribution in [0, 0.1) is 0 Å². The summed E-state index contributed by atoms with van der Waals surface area (Å²) in [6.45, 7) is 6.32. The van der Waals surface area contributed by atoms with Crippen LogP contribution in [-0.4, -0.2) is 48.3 Å². The monoisotopic (exact) mass is 278 g/mol. The molecule has 1 fully saturated rings. The van der Waals surface area contributed by atoms with E-state index in [1.165, 1.54) is 0 Å². The number of nitrogens with one attached hydrogen (secondary N) is 1.